The predicted octanol–water partition coefficient (Wildman–Crippen LogP) is 4.95. The van der Waals surface area contributed by atoms with Crippen LogP contribution in [0.1, 0.15) is 36.5 Å². The second-order valence-electron chi connectivity index (χ2n) is 6.47. The number of carbonyl (C=O) groups excluding carboxylic acids is 1. The Morgan fingerprint density at radius 1 is 1.00 bits per heavy atom. The first-order valence-corrected chi connectivity index (χ1v) is 9.39. The minimum absolute atomic E-state index is 0.0904. The van der Waals surface area contributed by atoms with Crippen molar-refractivity contribution >= 4 is 17.5 Å². The molecular formula is C22H23FN4O. The smallest absolute Gasteiger partial charge is 0.251 e. The summed E-state index contributed by atoms with van der Waals surface area (Å²) in [6.45, 7) is 2.81. The van der Waals surface area contributed by atoms with Crippen LogP contribution in [0.2, 0.25) is 0 Å². The molecule has 0 saturated heterocycles. The average molecular weight is 378 g/mol. The Bertz CT molecular complexity index is 911. The molecule has 6 heteroatoms. The lowest BCUT2D eigenvalue weighted by Gasteiger charge is -2.09. The molecular weight excluding hydrogens is 355 g/mol. The first-order chi connectivity index (χ1) is 13.7. The highest BCUT2D eigenvalue weighted by Gasteiger charge is 2.07. The highest BCUT2D eigenvalue weighted by molar-refractivity contribution is 5.95. The molecule has 1 heterocycles. The molecule has 0 aliphatic carbocycles. The highest BCUT2D eigenvalue weighted by Crippen LogP contribution is 2.20. The molecule has 3 aromatic rings. The number of aromatic nitrogens is 2. The number of unbranched alkanes of at least 4 members (excludes halogenated alkanes) is 2. The number of halogens is 1. The van der Waals surface area contributed by atoms with Crippen LogP contribution in [-0.2, 0) is 0 Å². The molecule has 3 rings (SSSR count). The van der Waals surface area contributed by atoms with E-state index < -0.39 is 0 Å². The molecule has 0 fully saturated rings. The van der Waals surface area contributed by atoms with Gasteiger partial charge < -0.3 is 10.6 Å². The molecule has 0 aliphatic heterocycles. The zero-order valence-electron chi connectivity index (χ0n) is 15.8. The van der Waals surface area contributed by atoms with Crippen LogP contribution < -0.4 is 10.6 Å². The van der Waals surface area contributed by atoms with E-state index in [-0.39, 0.29) is 11.7 Å². The fourth-order valence-corrected chi connectivity index (χ4v) is 2.73. The van der Waals surface area contributed by atoms with Gasteiger partial charge in [0.2, 0.25) is 5.95 Å². The third kappa shape index (κ3) is 5.36. The quantitative estimate of drug-likeness (QED) is 0.545. The summed E-state index contributed by atoms with van der Waals surface area (Å²) in [5, 5.41) is 6.03. The molecule has 0 spiro atoms. The topological polar surface area (TPSA) is 66.9 Å². The van der Waals surface area contributed by atoms with Gasteiger partial charge in [-0.25, -0.2) is 14.4 Å². The Balaban J connectivity index is 1.63. The van der Waals surface area contributed by atoms with Crippen LogP contribution in [-0.4, -0.2) is 22.4 Å². The number of nitrogens with one attached hydrogen (secondary N) is 2. The fourth-order valence-electron chi connectivity index (χ4n) is 2.73. The van der Waals surface area contributed by atoms with Crippen LogP contribution in [0.5, 0.6) is 0 Å². The van der Waals surface area contributed by atoms with E-state index in [0.717, 1.165) is 36.1 Å². The first kappa shape index (κ1) is 19.5. The van der Waals surface area contributed by atoms with E-state index in [2.05, 4.69) is 27.5 Å². The summed E-state index contributed by atoms with van der Waals surface area (Å²) in [6.07, 6.45) is 6.55. The molecule has 2 N–H and O–H groups in total. The minimum atomic E-state index is -0.280. The second kappa shape index (κ2) is 9.60. The van der Waals surface area contributed by atoms with Gasteiger partial charge in [-0.3, -0.25) is 4.79 Å². The zero-order chi connectivity index (χ0) is 19.8. The largest absolute Gasteiger partial charge is 0.352 e. The maximum Gasteiger partial charge on any atom is 0.251 e. The Morgan fingerprint density at radius 3 is 2.46 bits per heavy atom. The van der Waals surface area contributed by atoms with Gasteiger partial charge in [-0.2, -0.15) is 0 Å². The van der Waals surface area contributed by atoms with E-state index >= 15 is 0 Å². The van der Waals surface area contributed by atoms with Crippen LogP contribution in [0.3, 0.4) is 0 Å². The number of amides is 1. The normalized spacial score (nSPS) is 10.5. The standard InChI is InChI=1S/C22H23FN4O/c1-2-3-4-12-24-21(28)17-6-5-7-20(13-17)27-22-25-14-18(15-26-22)16-8-10-19(23)11-9-16/h5-11,13-15H,2-4,12H2,1H3,(H,24,28)(H,25,26,27). The van der Waals surface area contributed by atoms with E-state index in [1.807, 2.05) is 12.1 Å². The van der Waals surface area contributed by atoms with E-state index in [4.69, 9.17) is 0 Å². The Kier molecular flexibility index (Phi) is 6.68. The van der Waals surface area contributed by atoms with Crippen molar-refractivity contribution in [2.45, 2.75) is 26.2 Å². The molecule has 5 nitrogen and oxygen atoms in total. The van der Waals surface area contributed by atoms with Gasteiger partial charge in [-0.05, 0) is 42.3 Å². The molecule has 0 aliphatic rings. The minimum Gasteiger partial charge on any atom is -0.352 e. The van der Waals surface area contributed by atoms with Gasteiger partial charge in [0.05, 0.1) is 0 Å². The molecule has 2 aromatic carbocycles. The molecule has 144 valence electrons. The van der Waals surface area contributed by atoms with Crippen molar-refractivity contribution in [2.75, 3.05) is 11.9 Å². The lowest BCUT2D eigenvalue weighted by atomic mass is 10.1. The molecule has 0 saturated carbocycles. The van der Waals surface area contributed by atoms with E-state index in [0.29, 0.717) is 18.1 Å². The summed E-state index contributed by atoms with van der Waals surface area (Å²) in [7, 11) is 0. The Labute approximate surface area is 164 Å². The van der Waals surface area contributed by atoms with Crippen LogP contribution in [0.25, 0.3) is 11.1 Å². The van der Waals surface area contributed by atoms with Crippen molar-refractivity contribution in [3.8, 4) is 11.1 Å². The number of rotatable bonds is 8. The molecule has 0 unspecified atom stereocenters. The monoisotopic (exact) mass is 378 g/mol. The lowest BCUT2D eigenvalue weighted by molar-refractivity contribution is 0.0953. The average Bonchev–Trinajstić information content (AvgIpc) is 2.72. The fraction of sp³-hybridized carbons (Fsp3) is 0.227. The van der Waals surface area contributed by atoms with Gasteiger partial charge in [-0.15, -0.1) is 0 Å². The number of nitrogens with zero attached hydrogens (tertiary/aromatic N) is 2. The predicted molar refractivity (Wildman–Crippen MR) is 109 cm³/mol. The summed E-state index contributed by atoms with van der Waals surface area (Å²) in [5.74, 6) is 0.0518. The van der Waals surface area contributed by atoms with Crippen molar-refractivity contribution in [3.05, 3.63) is 72.3 Å². The molecule has 0 atom stereocenters. The number of hydrogen-bond acceptors (Lipinski definition) is 4. The summed E-state index contributed by atoms with van der Waals surface area (Å²) < 4.78 is 13.0. The van der Waals surface area contributed by atoms with E-state index in [1.54, 1.807) is 36.7 Å². The van der Waals surface area contributed by atoms with Gasteiger partial charge >= 0.3 is 0 Å². The summed E-state index contributed by atoms with van der Waals surface area (Å²) in [4.78, 5) is 20.8. The SMILES string of the molecule is CCCCCNC(=O)c1cccc(Nc2ncc(-c3ccc(F)cc3)cn2)c1. The molecule has 0 bridgehead atoms. The summed E-state index contributed by atoms with van der Waals surface area (Å²) in [5.41, 5.74) is 2.96. The van der Waals surface area contributed by atoms with Gasteiger partial charge in [0.25, 0.3) is 5.91 Å². The number of anilines is 2. The van der Waals surface area contributed by atoms with Crippen LogP contribution in [0.15, 0.2) is 60.9 Å². The first-order valence-electron chi connectivity index (χ1n) is 9.39. The molecule has 0 radical (unpaired) electrons. The Hall–Kier alpha value is -3.28. The van der Waals surface area contributed by atoms with Crippen molar-refractivity contribution < 1.29 is 9.18 Å². The van der Waals surface area contributed by atoms with Crippen molar-refractivity contribution in [1.29, 1.82) is 0 Å². The van der Waals surface area contributed by atoms with E-state index in [1.165, 1.54) is 12.1 Å². The summed E-state index contributed by atoms with van der Waals surface area (Å²) in [6, 6.07) is 13.4. The van der Waals surface area contributed by atoms with Crippen LogP contribution in [0, 0.1) is 5.82 Å². The van der Waals surface area contributed by atoms with Crippen molar-refractivity contribution in [2.24, 2.45) is 0 Å². The molecule has 28 heavy (non-hydrogen) atoms. The van der Waals surface area contributed by atoms with E-state index in [9.17, 15) is 9.18 Å². The molecule has 1 amide bonds. The zero-order valence-corrected chi connectivity index (χ0v) is 15.8. The number of benzene rings is 2. The number of hydrogen-bond donors (Lipinski definition) is 2. The second-order valence-corrected chi connectivity index (χ2v) is 6.47. The third-order valence-electron chi connectivity index (χ3n) is 4.28. The van der Waals surface area contributed by atoms with Gasteiger partial charge in [0.15, 0.2) is 0 Å². The van der Waals surface area contributed by atoms with Crippen LogP contribution >= 0.6 is 0 Å². The number of carbonyl (C=O) groups is 1. The maximum atomic E-state index is 13.0. The van der Waals surface area contributed by atoms with Crippen molar-refractivity contribution in [3.63, 3.8) is 0 Å². The molecule has 1 aromatic heterocycles. The highest BCUT2D eigenvalue weighted by atomic mass is 19.1. The van der Waals surface area contributed by atoms with Gasteiger partial charge in [-0.1, -0.05) is 38.0 Å². The Morgan fingerprint density at radius 2 is 1.75 bits per heavy atom. The third-order valence-corrected chi connectivity index (χ3v) is 4.28. The maximum absolute atomic E-state index is 13.0. The lowest BCUT2D eigenvalue weighted by Crippen LogP contribution is -2.24. The van der Waals surface area contributed by atoms with Crippen molar-refractivity contribution in [1.82, 2.24) is 15.3 Å². The van der Waals surface area contributed by atoms with Gasteiger partial charge in [0, 0.05) is 35.8 Å². The summed E-state index contributed by atoms with van der Waals surface area (Å²) >= 11 is 0. The van der Waals surface area contributed by atoms with Gasteiger partial charge in [0.1, 0.15) is 5.82 Å². The van der Waals surface area contributed by atoms with Crippen LogP contribution in [0.4, 0.5) is 16.0 Å².